The van der Waals surface area contributed by atoms with Crippen LogP contribution in [0.4, 0.5) is 14.5 Å². The van der Waals surface area contributed by atoms with E-state index in [1.54, 1.807) is 20.2 Å². The molecule has 2 amide bonds. The summed E-state index contributed by atoms with van der Waals surface area (Å²) in [6, 6.07) is 9.83. The molecule has 0 spiro atoms. The van der Waals surface area contributed by atoms with Gasteiger partial charge in [0.15, 0.2) is 0 Å². The van der Waals surface area contributed by atoms with Gasteiger partial charge in [0, 0.05) is 63.5 Å². The molecule has 0 aromatic heterocycles. The third-order valence-electron chi connectivity index (χ3n) is 9.46. The summed E-state index contributed by atoms with van der Waals surface area (Å²) in [5, 5.41) is 0.608. The molecule has 11 heteroatoms. The third kappa shape index (κ3) is 7.63. The molecule has 2 heterocycles. The fourth-order valence-electron chi connectivity index (χ4n) is 6.79. The molecule has 252 valence electrons. The van der Waals surface area contributed by atoms with E-state index in [1.807, 2.05) is 12.1 Å². The molecule has 0 saturated carbocycles. The number of halogens is 4. The summed E-state index contributed by atoms with van der Waals surface area (Å²) in [6.45, 7) is 8.74. The monoisotopic (exact) mass is 679 g/mol. The van der Waals surface area contributed by atoms with Gasteiger partial charge >= 0.3 is 0 Å². The van der Waals surface area contributed by atoms with Crippen LogP contribution in [-0.2, 0) is 15.1 Å². The standard InChI is InChI=1S/C35H45Cl2F2N3O4/c1-7-18-46-35(34(3,38)39,25-19-26(36)21-28(20-25)45-6)32(44)42-16-12-33(2,13-17-42)23-24-10-14-41(15-11-24)27-8-9-29(30(37)22-27)31(43)40(4)5/h7-9,19-22,24H,1,10-18,23H2,2-6H3. The van der Waals surface area contributed by atoms with Crippen molar-refractivity contribution in [2.45, 2.75) is 57.5 Å². The number of carbonyl (C=O) groups excluding carboxylic acids is 2. The molecule has 0 radical (unpaired) electrons. The first-order valence-corrected chi connectivity index (χ1v) is 16.4. The summed E-state index contributed by atoms with van der Waals surface area (Å²) in [4.78, 5) is 31.8. The second-order valence-electron chi connectivity index (χ2n) is 13.2. The van der Waals surface area contributed by atoms with Crippen molar-refractivity contribution in [1.29, 1.82) is 0 Å². The highest BCUT2D eigenvalue weighted by atomic mass is 35.5. The summed E-state index contributed by atoms with van der Waals surface area (Å²) in [5.41, 5.74) is -1.19. The van der Waals surface area contributed by atoms with Gasteiger partial charge in [0.1, 0.15) is 5.75 Å². The number of amides is 2. The minimum Gasteiger partial charge on any atom is -0.497 e. The Morgan fingerprint density at radius 3 is 2.28 bits per heavy atom. The maximum Gasteiger partial charge on any atom is 0.287 e. The van der Waals surface area contributed by atoms with Crippen LogP contribution in [0.5, 0.6) is 5.75 Å². The van der Waals surface area contributed by atoms with Gasteiger partial charge in [-0.2, -0.15) is 0 Å². The zero-order valence-corrected chi connectivity index (χ0v) is 28.9. The van der Waals surface area contributed by atoms with Crippen molar-refractivity contribution >= 4 is 40.7 Å². The fourth-order valence-corrected chi connectivity index (χ4v) is 7.27. The minimum atomic E-state index is -3.58. The normalized spacial score (nSPS) is 18.5. The van der Waals surface area contributed by atoms with Crippen molar-refractivity contribution in [3.63, 3.8) is 0 Å². The average Bonchev–Trinajstić information content (AvgIpc) is 3.00. The number of carbonyl (C=O) groups is 2. The molecule has 2 aromatic carbocycles. The lowest BCUT2D eigenvalue weighted by molar-refractivity contribution is -0.215. The maximum absolute atomic E-state index is 15.6. The number of alkyl halides is 2. The van der Waals surface area contributed by atoms with E-state index in [9.17, 15) is 9.59 Å². The number of rotatable bonds is 11. The van der Waals surface area contributed by atoms with E-state index in [1.165, 1.54) is 41.2 Å². The summed E-state index contributed by atoms with van der Waals surface area (Å²) in [7, 11) is 4.81. The highest BCUT2D eigenvalue weighted by molar-refractivity contribution is 6.34. The Balaban J connectivity index is 1.42. The Hall–Kier alpha value is -2.88. The Morgan fingerprint density at radius 1 is 1.09 bits per heavy atom. The van der Waals surface area contributed by atoms with Gasteiger partial charge in [-0.1, -0.05) is 36.2 Å². The highest BCUT2D eigenvalue weighted by Gasteiger charge is 2.60. The van der Waals surface area contributed by atoms with E-state index >= 15 is 8.78 Å². The largest absolute Gasteiger partial charge is 0.497 e. The topological polar surface area (TPSA) is 62.3 Å². The zero-order chi connectivity index (χ0) is 33.9. The molecule has 2 aliphatic rings. The van der Waals surface area contributed by atoms with Gasteiger partial charge in [-0.05, 0) is 79.8 Å². The highest BCUT2D eigenvalue weighted by Crippen LogP contribution is 2.47. The lowest BCUT2D eigenvalue weighted by Crippen LogP contribution is -2.59. The molecule has 1 unspecified atom stereocenters. The van der Waals surface area contributed by atoms with Crippen LogP contribution in [-0.4, -0.2) is 81.5 Å². The number of hydrogen-bond acceptors (Lipinski definition) is 5. The van der Waals surface area contributed by atoms with Gasteiger partial charge in [0.2, 0.25) is 5.60 Å². The summed E-state index contributed by atoms with van der Waals surface area (Å²) in [6.07, 6.45) is 5.75. The number of likely N-dealkylation sites (tertiary alicyclic amines) is 1. The first-order chi connectivity index (χ1) is 21.6. The number of benzene rings is 2. The number of ether oxygens (including phenoxy) is 2. The molecule has 2 fully saturated rings. The quantitative estimate of drug-likeness (QED) is 0.228. The summed E-state index contributed by atoms with van der Waals surface area (Å²) < 4.78 is 42.3. The van der Waals surface area contributed by atoms with Crippen LogP contribution < -0.4 is 9.64 Å². The van der Waals surface area contributed by atoms with E-state index < -0.39 is 17.4 Å². The Kier molecular flexibility index (Phi) is 11.3. The van der Waals surface area contributed by atoms with Crippen LogP contribution in [0.1, 0.15) is 61.9 Å². The van der Waals surface area contributed by atoms with Gasteiger partial charge in [0.25, 0.3) is 17.7 Å². The first kappa shape index (κ1) is 36.0. The Morgan fingerprint density at radius 2 is 1.74 bits per heavy atom. The van der Waals surface area contributed by atoms with Crippen molar-refractivity contribution in [1.82, 2.24) is 9.80 Å². The van der Waals surface area contributed by atoms with Crippen LogP contribution in [0.15, 0.2) is 49.1 Å². The number of hydrogen-bond donors (Lipinski definition) is 0. The van der Waals surface area contributed by atoms with E-state index in [0.717, 1.165) is 38.0 Å². The smallest absolute Gasteiger partial charge is 0.287 e. The fraction of sp³-hybridized carbons (Fsp3) is 0.543. The van der Waals surface area contributed by atoms with Crippen LogP contribution in [0.25, 0.3) is 0 Å². The number of nitrogens with zero attached hydrogens (tertiary/aromatic N) is 3. The van der Waals surface area contributed by atoms with Crippen molar-refractivity contribution in [3.05, 3.63) is 70.2 Å². The second-order valence-corrected chi connectivity index (χ2v) is 14.0. The lowest BCUT2D eigenvalue weighted by atomic mass is 9.71. The molecule has 2 aromatic rings. The van der Waals surface area contributed by atoms with Crippen molar-refractivity contribution in [2.24, 2.45) is 11.3 Å². The predicted octanol–water partition coefficient (Wildman–Crippen LogP) is 7.69. The predicted molar refractivity (Wildman–Crippen MR) is 179 cm³/mol. The summed E-state index contributed by atoms with van der Waals surface area (Å²) in [5.74, 6) is -3.74. The van der Waals surface area contributed by atoms with Crippen LogP contribution in [0, 0.1) is 11.3 Å². The van der Waals surface area contributed by atoms with Gasteiger partial charge in [-0.15, -0.1) is 6.58 Å². The number of anilines is 1. The summed E-state index contributed by atoms with van der Waals surface area (Å²) >= 11 is 12.7. The minimum absolute atomic E-state index is 0.0280. The number of methoxy groups -OCH3 is 1. The number of piperidine rings is 2. The van der Waals surface area contributed by atoms with Crippen LogP contribution >= 0.6 is 23.2 Å². The van der Waals surface area contributed by atoms with E-state index in [2.05, 4.69) is 18.4 Å². The van der Waals surface area contributed by atoms with Crippen molar-refractivity contribution < 1.29 is 27.8 Å². The lowest BCUT2D eigenvalue weighted by Gasteiger charge is -2.46. The van der Waals surface area contributed by atoms with E-state index in [-0.39, 0.29) is 34.3 Å². The molecule has 4 rings (SSSR count). The second kappa shape index (κ2) is 14.5. The molecular formula is C35H45Cl2F2N3O4. The molecule has 7 nitrogen and oxygen atoms in total. The van der Waals surface area contributed by atoms with Gasteiger partial charge in [0.05, 0.1) is 24.3 Å². The maximum atomic E-state index is 15.6. The molecule has 0 bridgehead atoms. The van der Waals surface area contributed by atoms with Crippen molar-refractivity contribution in [2.75, 3.05) is 58.9 Å². The molecule has 46 heavy (non-hydrogen) atoms. The van der Waals surface area contributed by atoms with Gasteiger partial charge in [-0.25, -0.2) is 8.78 Å². The third-order valence-corrected chi connectivity index (χ3v) is 9.99. The van der Waals surface area contributed by atoms with Crippen LogP contribution in [0.2, 0.25) is 10.0 Å². The van der Waals surface area contributed by atoms with Crippen LogP contribution in [0.3, 0.4) is 0 Å². The molecular weight excluding hydrogens is 635 g/mol. The van der Waals surface area contributed by atoms with E-state index in [4.69, 9.17) is 32.7 Å². The Bertz CT molecular complexity index is 1420. The van der Waals surface area contributed by atoms with Crippen molar-refractivity contribution in [3.8, 4) is 5.75 Å². The molecule has 2 saturated heterocycles. The molecule has 0 aliphatic carbocycles. The SMILES string of the molecule is C=CCOC(C(=O)N1CCC(C)(CC2CCN(c3ccc(C(=O)N(C)C)c(Cl)c3)CC2)CC1)(c1cc(Cl)cc(OC)c1)C(C)(F)F. The first-order valence-electron chi connectivity index (χ1n) is 15.7. The molecule has 2 aliphatic heterocycles. The molecule has 0 N–H and O–H groups in total. The molecule has 1 atom stereocenters. The van der Waals surface area contributed by atoms with Gasteiger partial charge < -0.3 is 24.2 Å². The van der Waals surface area contributed by atoms with E-state index in [0.29, 0.717) is 49.4 Å². The zero-order valence-electron chi connectivity index (χ0n) is 27.4. The Labute approximate surface area is 281 Å². The average molecular weight is 681 g/mol. The van der Waals surface area contributed by atoms with Gasteiger partial charge in [-0.3, -0.25) is 9.59 Å².